The molecule has 3 saturated heterocycles. The zero-order valence-corrected chi connectivity index (χ0v) is 19.1. The molecule has 15 atom stereocenters. The Morgan fingerprint density at radius 1 is 0.714 bits per heavy atom. The van der Waals surface area contributed by atoms with Crippen molar-refractivity contribution in [1.29, 1.82) is 0 Å². The van der Waals surface area contributed by atoms with Crippen molar-refractivity contribution < 1.29 is 64.5 Å². The van der Waals surface area contributed by atoms with Crippen LogP contribution in [0.15, 0.2) is 0 Å². The van der Waals surface area contributed by atoms with Gasteiger partial charge in [-0.2, -0.15) is 0 Å². The maximum absolute atomic E-state index is 10.8. The quantitative estimate of drug-likeness (QED) is 0.150. The number of hydrogen-bond donors (Lipinski definition) is 11. The van der Waals surface area contributed by atoms with Crippen LogP contribution in [0.3, 0.4) is 0 Å². The number of aliphatic hydroxyl groups excluding tert-OH is 7. The number of rotatable bonds is 7. The fourth-order valence-corrected chi connectivity index (χ4v) is 4.43. The van der Waals surface area contributed by atoms with Gasteiger partial charge in [0.1, 0.15) is 54.4 Å². The third-order valence-corrected chi connectivity index (χ3v) is 6.80. The minimum Gasteiger partial charge on any atom is -0.394 e. The molecule has 0 radical (unpaired) electrons. The molecular weight excluding hydrogens is 478 g/mol. The van der Waals surface area contributed by atoms with E-state index in [2.05, 4.69) is 0 Å². The highest BCUT2D eigenvalue weighted by atomic mass is 16.7. The molecule has 0 saturated carbocycles. The van der Waals surface area contributed by atoms with Gasteiger partial charge in [0.25, 0.3) is 0 Å². The lowest BCUT2D eigenvalue weighted by molar-refractivity contribution is -0.354. The summed E-state index contributed by atoms with van der Waals surface area (Å²) < 4.78 is 27.6. The minimum absolute atomic E-state index is 0.653. The highest BCUT2D eigenvalue weighted by molar-refractivity contribution is 5.02. The van der Waals surface area contributed by atoms with Crippen molar-refractivity contribution in [1.82, 2.24) is 0 Å². The van der Waals surface area contributed by atoms with Crippen LogP contribution in [0.1, 0.15) is 6.92 Å². The first-order chi connectivity index (χ1) is 16.4. The van der Waals surface area contributed by atoms with E-state index in [0.29, 0.717) is 0 Å². The summed E-state index contributed by atoms with van der Waals surface area (Å²) in [4.78, 5) is 0. The Morgan fingerprint density at radius 2 is 1.20 bits per heavy atom. The van der Waals surface area contributed by atoms with Gasteiger partial charge in [-0.05, 0) is 6.92 Å². The molecule has 0 aromatic carbocycles. The van der Waals surface area contributed by atoms with Crippen LogP contribution in [-0.2, 0) is 23.7 Å². The topological polar surface area (TPSA) is 286 Å². The maximum atomic E-state index is 10.8. The Hall–Kier alpha value is -0.640. The number of aliphatic hydroxyl groups is 8. The molecule has 35 heavy (non-hydrogen) atoms. The molecule has 206 valence electrons. The molecule has 0 aromatic rings. The van der Waals surface area contributed by atoms with E-state index < -0.39 is 111 Å². The fraction of sp³-hybridized carbons (Fsp3) is 1.00. The zero-order chi connectivity index (χ0) is 26.2. The molecular formula is C19H37N3O13. The lowest BCUT2D eigenvalue weighted by Crippen LogP contribution is -2.71. The molecule has 16 nitrogen and oxygen atoms in total. The average Bonchev–Trinajstić information content (AvgIpc) is 2.83. The van der Waals surface area contributed by atoms with Gasteiger partial charge in [-0.1, -0.05) is 0 Å². The van der Waals surface area contributed by atoms with Crippen LogP contribution in [0.5, 0.6) is 0 Å². The van der Waals surface area contributed by atoms with Crippen molar-refractivity contribution in [3.8, 4) is 0 Å². The molecule has 14 N–H and O–H groups in total. The summed E-state index contributed by atoms with van der Waals surface area (Å²) in [6, 6.07) is -3.92. The first kappa shape index (κ1) is 28.9. The molecule has 0 bridgehead atoms. The van der Waals surface area contributed by atoms with Crippen LogP contribution in [0.4, 0.5) is 0 Å². The van der Waals surface area contributed by atoms with Gasteiger partial charge in [0.2, 0.25) is 0 Å². The zero-order valence-electron chi connectivity index (χ0n) is 19.1. The standard InChI is InChI=1S/C19H37N3O13/c1-19(30)7(4-25)33-18(10(22)15(19)28)35-14-6(3-24)32-17(9(21)12(14)27)34-13-5(2-23)31-16(29)8(20)11(13)26/h5-18,23-30H,2-4,20-22H2,1H3/t5-,6-,7-,8-,9-,10-,11-,12-,13?,14?,15-,16-,17+,18-,19-/m1/s1. The third kappa shape index (κ3) is 5.48. The van der Waals surface area contributed by atoms with E-state index >= 15 is 0 Å². The highest BCUT2D eigenvalue weighted by Crippen LogP contribution is 2.33. The molecule has 3 heterocycles. The van der Waals surface area contributed by atoms with Crippen LogP contribution in [-0.4, -0.2) is 152 Å². The summed E-state index contributed by atoms with van der Waals surface area (Å²) in [6.45, 7) is -0.797. The molecule has 0 spiro atoms. The maximum Gasteiger partial charge on any atom is 0.176 e. The van der Waals surface area contributed by atoms with Gasteiger partial charge in [0, 0.05) is 0 Å². The lowest BCUT2D eigenvalue weighted by atomic mass is 9.85. The second-order valence-electron chi connectivity index (χ2n) is 9.23. The molecule has 3 aliphatic heterocycles. The summed E-state index contributed by atoms with van der Waals surface area (Å²) in [5.74, 6) is 0. The molecule has 3 fully saturated rings. The summed E-state index contributed by atoms with van der Waals surface area (Å²) in [5, 5.41) is 80.7. The van der Waals surface area contributed by atoms with Crippen molar-refractivity contribution in [2.45, 2.75) is 98.4 Å². The van der Waals surface area contributed by atoms with Gasteiger partial charge in [-0.15, -0.1) is 0 Å². The fourth-order valence-electron chi connectivity index (χ4n) is 4.43. The van der Waals surface area contributed by atoms with Gasteiger partial charge in [0.05, 0.1) is 37.9 Å². The van der Waals surface area contributed by atoms with Gasteiger partial charge >= 0.3 is 0 Å². The van der Waals surface area contributed by atoms with Gasteiger partial charge in [-0.25, -0.2) is 0 Å². The molecule has 3 aliphatic rings. The minimum atomic E-state index is -1.89. The average molecular weight is 516 g/mol. The van der Waals surface area contributed by atoms with E-state index in [1.807, 2.05) is 0 Å². The van der Waals surface area contributed by atoms with Crippen LogP contribution in [0.2, 0.25) is 0 Å². The SMILES string of the molecule is C[C@]1(O)[C@H](O)[C@@H](N)[C@@H](OC2[C@@H](CO)O[C@@H](OC3[C@@H](CO)O[C@@H](O)[C@H](N)[C@H]3O)[C@H](N)[C@H]2O)O[C@@H]1CO. The summed E-state index contributed by atoms with van der Waals surface area (Å²) in [5.41, 5.74) is 15.8. The Morgan fingerprint density at radius 3 is 1.71 bits per heavy atom. The monoisotopic (exact) mass is 515 g/mol. The first-order valence-corrected chi connectivity index (χ1v) is 11.2. The normalized spacial score (nSPS) is 53.5. The largest absolute Gasteiger partial charge is 0.394 e. The summed E-state index contributed by atoms with van der Waals surface area (Å²) in [6.07, 6.45) is -15.5. The Kier molecular flexibility index (Phi) is 9.42. The highest BCUT2D eigenvalue weighted by Gasteiger charge is 2.54. The predicted octanol–water partition coefficient (Wildman–Crippen LogP) is -7.28. The van der Waals surface area contributed by atoms with E-state index in [1.165, 1.54) is 6.92 Å². The van der Waals surface area contributed by atoms with E-state index in [-0.39, 0.29) is 0 Å². The summed E-state index contributed by atoms with van der Waals surface area (Å²) >= 11 is 0. The number of hydrogen-bond acceptors (Lipinski definition) is 16. The Labute approximate surface area is 200 Å². The number of nitrogens with two attached hydrogens (primary N) is 3. The Balaban J connectivity index is 1.73. The van der Waals surface area contributed by atoms with Crippen LogP contribution < -0.4 is 17.2 Å². The smallest absolute Gasteiger partial charge is 0.176 e. The molecule has 0 amide bonds. The predicted molar refractivity (Wildman–Crippen MR) is 112 cm³/mol. The van der Waals surface area contributed by atoms with Gasteiger partial charge < -0.3 is 81.7 Å². The number of ether oxygens (including phenoxy) is 5. The second kappa shape index (κ2) is 11.4. The van der Waals surface area contributed by atoms with Crippen molar-refractivity contribution in [3.63, 3.8) is 0 Å². The first-order valence-electron chi connectivity index (χ1n) is 11.2. The van der Waals surface area contributed by atoms with Gasteiger partial charge in [0.15, 0.2) is 18.9 Å². The van der Waals surface area contributed by atoms with Crippen molar-refractivity contribution >= 4 is 0 Å². The molecule has 2 unspecified atom stereocenters. The van der Waals surface area contributed by atoms with E-state index in [1.54, 1.807) is 0 Å². The van der Waals surface area contributed by atoms with Crippen LogP contribution >= 0.6 is 0 Å². The third-order valence-electron chi connectivity index (χ3n) is 6.80. The molecule has 16 heteroatoms. The summed E-state index contributed by atoms with van der Waals surface area (Å²) in [7, 11) is 0. The molecule has 0 aliphatic carbocycles. The Bertz CT molecular complexity index is 684. The van der Waals surface area contributed by atoms with Crippen molar-refractivity contribution in [2.75, 3.05) is 19.8 Å². The molecule has 3 rings (SSSR count). The molecule has 0 aromatic heterocycles. The van der Waals surface area contributed by atoms with Crippen LogP contribution in [0, 0.1) is 0 Å². The van der Waals surface area contributed by atoms with Gasteiger partial charge in [-0.3, -0.25) is 0 Å². The van der Waals surface area contributed by atoms with E-state index in [0.717, 1.165) is 0 Å². The van der Waals surface area contributed by atoms with Crippen molar-refractivity contribution in [2.24, 2.45) is 17.2 Å². The van der Waals surface area contributed by atoms with Crippen LogP contribution in [0.25, 0.3) is 0 Å². The van der Waals surface area contributed by atoms with Crippen molar-refractivity contribution in [3.05, 3.63) is 0 Å². The second-order valence-corrected chi connectivity index (χ2v) is 9.23. The van der Waals surface area contributed by atoms with E-state index in [9.17, 15) is 40.9 Å². The van der Waals surface area contributed by atoms with E-state index in [4.69, 9.17) is 40.9 Å². The lowest BCUT2D eigenvalue weighted by Gasteiger charge is -2.50.